The molecule has 2 aliphatic rings. The second-order valence-corrected chi connectivity index (χ2v) is 7.50. The highest BCUT2D eigenvalue weighted by atomic mass is 16.5. The van der Waals surface area contributed by atoms with Gasteiger partial charge >= 0.3 is 5.97 Å². The first-order valence-electron chi connectivity index (χ1n) is 9.91. The highest BCUT2D eigenvalue weighted by molar-refractivity contribution is 6.10. The number of esters is 1. The van der Waals surface area contributed by atoms with E-state index in [1.165, 1.54) is 30.4 Å². The summed E-state index contributed by atoms with van der Waals surface area (Å²) in [6.07, 6.45) is 7.19. The molecule has 4 nitrogen and oxygen atoms in total. The van der Waals surface area contributed by atoms with Gasteiger partial charge in [-0.05, 0) is 56.0 Å². The van der Waals surface area contributed by atoms with Crippen LogP contribution in [0, 0.1) is 0 Å². The van der Waals surface area contributed by atoms with Gasteiger partial charge in [-0.25, -0.2) is 4.79 Å². The standard InChI is InChI=1S/C23H26N2O2/c1-2-27-22(26)17-10-12-19(13-11-17)24-21-20-9-5-4-8-18(20)16-23(25-21)14-6-3-7-15-23/h4-5,8-13H,2-3,6-7,14-16H2,1H3,(H,24,25). The van der Waals surface area contributed by atoms with Crippen LogP contribution in [0.4, 0.5) is 5.69 Å². The van der Waals surface area contributed by atoms with E-state index in [4.69, 9.17) is 9.73 Å². The second-order valence-electron chi connectivity index (χ2n) is 7.50. The summed E-state index contributed by atoms with van der Waals surface area (Å²) in [6, 6.07) is 16.0. The molecule has 1 saturated carbocycles. The van der Waals surface area contributed by atoms with E-state index in [-0.39, 0.29) is 11.5 Å². The van der Waals surface area contributed by atoms with Crippen LogP contribution in [0.25, 0.3) is 0 Å². The zero-order valence-electron chi connectivity index (χ0n) is 15.8. The van der Waals surface area contributed by atoms with Gasteiger partial charge in [0.2, 0.25) is 0 Å². The molecule has 0 saturated heterocycles. The molecule has 4 heteroatoms. The fourth-order valence-electron chi connectivity index (χ4n) is 4.23. The number of carbonyl (C=O) groups excluding carboxylic acids is 1. The molecule has 1 aliphatic carbocycles. The summed E-state index contributed by atoms with van der Waals surface area (Å²) in [5, 5.41) is 3.50. The first-order chi connectivity index (χ1) is 13.2. The van der Waals surface area contributed by atoms with E-state index in [1.807, 2.05) is 19.1 Å². The molecule has 140 valence electrons. The van der Waals surface area contributed by atoms with Gasteiger partial charge in [-0.2, -0.15) is 0 Å². The predicted molar refractivity (Wildman–Crippen MR) is 109 cm³/mol. The topological polar surface area (TPSA) is 50.7 Å². The Balaban J connectivity index is 1.61. The average molecular weight is 362 g/mol. The molecule has 0 bridgehead atoms. The summed E-state index contributed by atoms with van der Waals surface area (Å²) in [4.78, 5) is 17.1. The molecule has 1 fully saturated rings. The van der Waals surface area contributed by atoms with Crippen LogP contribution in [-0.4, -0.2) is 24.0 Å². The van der Waals surface area contributed by atoms with Crippen LogP contribution in [0.3, 0.4) is 0 Å². The molecule has 0 atom stereocenters. The van der Waals surface area contributed by atoms with Gasteiger partial charge in [0.15, 0.2) is 0 Å². The Morgan fingerprint density at radius 3 is 2.56 bits per heavy atom. The van der Waals surface area contributed by atoms with Gasteiger partial charge < -0.3 is 10.1 Å². The molecular weight excluding hydrogens is 336 g/mol. The lowest BCUT2D eigenvalue weighted by atomic mass is 9.75. The van der Waals surface area contributed by atoms with E-state index >= 15 is 0 Å². The molecule has 27 heavy (non-hydrogen) atoms. The Kier molecular flexibility index (Phi) is 4.97. The van der Waals surface area contributed by atoms with Gasteiger partial charge in [-0.3, -0.25) is 4.99 Å². The van der Waals surface area contributed by atoms with Crippen molar-refractivity contribution in [2.24, 2.45) is 4.99 Å². The van der Waals surface area contributed by atoms with Gasteiger partial charge in [-0.1, -0.05) is 43.5 Å². The molecule has 1 aliphatic heterocycles. The number of aliphatic imine (C=N–C) groups is 1. The van der Waals surface area contributed by atoms with Gasteiger partial charge in [0.1, 0.15) is 5.84 Å². The minimum Gasteiger partial charge on any atom is -0.462 e. The third kappa shape index (κ3) is 3.75. The lowest BCUT2D eigenvalue weighted by molar-refractivity contribution is 0.0526. The van der Waals surface area contributed by atoms with E-state index in [0.29, 0.717) is 12.2 Å². The number of ether oxygens (including phenoxy) is 1. The number of anilines is 1. The number of fused-ring (bicyclic) bond motifs is 1. The van der Waals surface area contributed by atoms with Gasteiger partial charge in [-0.15, -0.1) is 0 Å². The Morgan fingerprint density at radius 1 is 1.07 bits per heavy atom. The Bertz CT molecular complexity index is 849. The minimum absolute atomic E-state index is 0.0415. The van der Waals surface area contributed by atoms with Crippen molar-refractivity contribution >= 4 is 17.5 Å². The molecule has 0 aromatic heterocycles. The number of hydrogen-bond acceptors (Lipinski definition) is 4. The third-order valence-electron chi connectivity index (χ3n) is 5.58. The highest BCUT2D eigenvalue weighted by Gasteiger charge is 2.36. The number of hydrogen-bond donors (Lipinski definition) is 1. The number of benzene rings is 2. The third-order valence-corrected chi connectivity index (χ3v) is 5.58. The van der Waals surface area contributed by atoms with Crippen molar-refractivity contribution in [2.75, 3.05) is 11.9 Å². The van der Waals surface area contributed by atoms with Crippen molar-refractivity contribution in [1.82, 2.24) is 0 Å². The number of rotatable bonds is 3. The first-order valence-corrected chi connectivity index (χ1v) is 9.91. The predicted octanol–water partition coefficient (Wildman–Crippen LogP) is 4.98. The molecule has 2 aromatic rings. The van der Waals surface area contributed by atoms with E-state index < -0.39 is 0 Å². The Morgan fingerprint density at radius 2 is 1.81 bits per heavy atom. The van der Waals surface area contributed by atoms with Crippen molar-refractivity contribution < 1.29 is 9.53 Å². The number of nitrogens with one attached hydrogen (secondary N) is 1. The SMILES string of the molecule is CCOC(=O)c1ccc(NC2=NC3(CCCCC3)Cc3ccccc32)cc1. The summed E-state index contributed by atoms with van der Waals surface area (Å²) in [5.74, 6) is 0.660. The lowest BCUT2D eigenvalue weighted by Gasteiger charge is -2.38. The van der Waals surface area contributed by atoms with E-state index in [2.05, 4.69) is 29.6 Å². The molecule has 0 amide bonds. The molecule has 0 unspecified atom stereocenters. The molecule has 1 heterocycles. The number of nitrogens with zero attached hydrogens (tertiary/aromatic N) is 1. The smallest absolute Gasteiger partial charge is 0.338 e. The Hall–Kier alpha value is -2.62. The first kappa shape index (κ1) is 17.8. The summed E-state index contributed by atoms with van der Waals surface area (Å²) in [7, 11) is 0. The molecule has 4 rings (SSSR count). The largest absolute Gasteiger partial charge is 0.462 e. The zero-order valence-corrected chi connectivity index (χ0v) is 15.8. The molecular formula is C23H26N2O2. The van der Waals surface area contributed by atoms with Crippen LogP contribution < -0.4 is 5.32 Å². The van der Waals surface area contributed by atoms with Crippen LogP contribution in [-0.2, 0) is 11.2 Å². The van der Waals surface area contributed by atoms with Crippen molar-refractivity contribution in [3.8, 4) is 0 Å². The van der Waals surface area contributed by atoms with E-state index in [9.17, 15) is 4.79 Å². The molecule has 1 N–H and O–H groups in total. The summed E-state index contributed by atoms with van der Waals surface area (Å²) in [6.45, 7) is 2.20. The number of carbonyl (C=O) groups is 1. The normalized spacial score (nSPS) is 17.7. The van der Waals surface area contributed by atoms with Crippen LogP contribution >= 0.6 is 0 Å². The lowest BCUT2D eigenvalue weighted by Crippen LogP contribution is -2.39. The van der Waals surface area contributed by atoms with E-state index in [0.717, 1.165) is 30.8 Å². The monoisotopic (exact) mass is 362 g/mol. The van der Waals surface area contributed by atoms with Gasteiger partial charge in [0.25, 0.3) is 0 Å². The summed E-state index contributed by atoms with van der Waals surface area (Å²) >= 11 is 0. The van der Waals surface area contributed by atoms with Crippen molar-refractivity contribution in [2.45, 2.75) is 51.0 Å². The van der Waals surface area contributed by atoms with Crippen molar-refractivity contribution in [1.29, 1.82) is 0 Å². The van der Waals surface area contributed by atoms with Crippen LogP contribution in [0.5, 0.6) is 0 Å². The zero-order chi connectivity index (χ0) is 18.7. The van der Waals surface area contributed by atoms with Crippen LogP contribution in [0.1, 0.15) is 60.5 Å². The van der Waals surface area contributed by atoms with Gasteiger partial charge in [0, 0.05) is 11.3 Å². The summed E-state index contributed by atoms with van der Waals surface area (Å²) < 4.78 is 5.06. The quantitative estimate of drug-likeness (QED) is 0.783. The van der Waals surface area contributed by atoms with E-state index in [1.54, 1.807) is 12.1 Å². The minimum atomic E-state index is -0.287. The fourth-order valence-corrected chi connectivity index (χ4v) is 4.23. The molecule has 2 aromatic carbocycles. The molecule has 0 radical (unpaired) electrons. The Labute approximate surface area is 160 Å². The maximum absolute atomic E-state index is 11.8. The second kappa shape index (κ2) is 7.55. The van der Waals surface area contributed by atoms with Gasteiger partial charge in [0.05, 0.1) is 17.7 Å². The maximum Gasteiger partial charge on any atom is 0.338 e. The summed E-state index contributed by atoms with van der Waals surface area (Å²) in [5.41, 5.74) is 4.10. The maximum atomic E-state index is 11.8. The van der Waals surface area contributed by atoms with Crippen LogP contribution in [0.2, 0.25) is 0 Å². The van der Waals surface area contributed by atoms with Crippen molar-refractivity contribution in [3.63, 3.8) is 0 Å². The van der Waals surface area contributed by atoms with Crippen molar-refractivity contribution in [3.05, 3.63) is 65.2 Å². The van der Waals surface area contributed by atoms with Crippen LogP contribution in [0.15, 0.2) is 53.5 Å². The average Bonchev–Trinajstić information content (AvgIpc) is 2.69. The highest BCUT2D eigenvalue weighted by Crippen LogP contribution is 2.38. The number of amidine groups is 1. The molecule has 1 spiro atoms. The fraction of sp³-hybridized carbons (Fsp3) is 0.391.